The van der Waals surface area contributed by atoms with Gasteiger partial charge in [0, 0.05) is 31.4 Å². The second-order valence-corrected chi connectivity index (χ2v) is 10.6. The number of aryl methyl sites for hydroxylation is 1. The lowest BCUT2D eigenvalue weighted by molar-refractivity contribution is -0.187. The minimum absolute atomic E-state index is 0.230. The normalized spacial score (nSPS) is 18.4. The van der Waals surface area contributed by atoms with Crippen molar-refractivity contribution in [3.05, 3.63) is 56.7 Å². The summed E-state index contributed by atoms with van der Waals surface area (Å²) < 4.78 is 26.2. The van der Waals surface area contributed by atoms with Crippen molar-refractivity contribution in [3.8, 4) is 11.5 Å². The van der Waals surface area contributed by atoms with Gasteiger partial charge >= 0.3 is 11.9 Å². The minimum Gasteiger partial charge on any atom is -0.496 e. The van der Waals surface area contributed by atoms with Crippen molar-refractivity contribution in [3.63, 3.8) is 0 Å². The highest BCUT2D eigenvalue weighted by atomic mass is 79.9. The minimum atomic E-state index is -1.04. The second-order valence-electron chi connectivity index (χ2n) is 9.69. The Morgan fingerprint density at radius 2 is 1.73 bits per heavy atom. The van der Waals surface area contributed by atoms with Crippen LogP contribution >= 0.6 is 15.9 Å². The van der Waals surface area contributed by atoms with Crippen LogP contribution in [-0.4, -0.2) is 35.3 Å². The first-order valence-corrected chi connectivity index (χ1v) is 12.5. The van der Waals surface area contributed by atoms with E-state index in [0.29, 0.717) is 38.9 Å². The monoisotopic (exact) mass is 567 g/mol. The molecule has 0 radical (unpaired) electrons. The van der Waals surface area contributed by atoms with Gasteiger partial charge in [0.1, 0.15) is 17.1 Å². The molecule has 37 heavy (non-hydrogen) atoms. The molecule has 1 aliphatic heterocycles. The van der Waals surface area contributed by atoms with Crippen molar-refractivity contribution >= 4 is 60.4 Å². The van der Waals surface area contributed by atoms with Crippen LogP contribution in [0.1, 0.15) is 39.4 Å². The Morgan fingerprint density at radius 3 is 2.38 bits per heavy atom. The average molecular weight is 568 g/mol. The van der Waals surface area contributed by atoms with Gasteiger partial charge in [-0.3, -0.25) is 14.4 Å². The number of benzene rings is 3. The van der Waals surface area contributed by atoms with Crippen LogP contribution in [0.5, 0.6) is 11.5 Å². The zero-order valence-electron chi connectivity index (χ0n) is 21.3. The summed E-state index contributed by atoms with van der Waals surface area (Å²) in [4.78, 5) is 38.5. The SMILES string of the molecule is COc1cc2c(c3c1c(=O)c1c4ccc(Br)cc4ccc1n3C)[C@@H](OC(C)=O)[C@@H](OC(C)=O)C(C)(C)O2. The lowest BCUT2D eigenvalue weighted by Gasteiger charge is -2.43. The van der Waals surface area contributed by atoms with Crippen molar-refractivity contribution < 1.29 is 28.5 Å². The molecule has 2 atom stereocenters. The molecule has 2 heterocycles. The predicted octanol–water partition coefficient (Wildman–Crippen LogP) is 5.32. The first-order chi connectivity index (χ1) is 17.4. The van der Waals surface area contributed by atoms with Crippen molar-refractivity contribution in [2.45, 2.75) is 45.5 Å². The summed E-state index contributed by atoms with van der Waals surface area (Å²) in [6, 6.07) is 11.2. The summed E-state index contributed by atoms with van der Waals surface area (Å²) in [5, 5.41) is 2.56. The summed E-state index contributed by atoms with van der Waals surface area (Å²) in [6.07, 6.45) is -1.98. The first kappa shape index (κ1) is 25.1. The van der Waals surface area contributed by atoms with Gasteiger partial charge in [-0.25, -0.2) is 0 Å². The fourth-order valence-electron chi connectivity index (χ4n) is 5.32. The average Bonchev–Trinajstić information content (AvgIpc) is 2.82. The number of aromatic nitrogens is 1. The summed E-state index contributed by atoms with van der Waals surface area (Å²) in [7, 11) is 3.32. The highest BCUT2D eigenvalue weighted by Gasteiger charge is 2.50. The number of methoxy groups -OCH3 is 1. The van der Waals surface area contributed by atoms with E-state index < -0.39 is 29.7 Å². The van der Waals surface area contributed by atoms with Gasteiger partial charge in [-0.05, 0) is 42.8 Å². The van der Waals surface area contributed by atoms with Gasteiger partial charge in [0.2, 0.25) is 5.43 Å². The number of hydrogen-bond acceptors (Lipinski definition) is 7. The van der Waals surface area contributed by atoms with E-state index in [0.717, 1.165) is 15.2 Å². The second kappa shape index (κ2) is 8.76. The van der Waals surface area contributed by atoms with Crippen LogP contribution in [0.25, 0.3) is 32.6 Å². The Kier molecular flexibility index (Phi) is 5.94. The molecule has 0 bridgehead atoms. The molecule has 9 heteroatoms. The number of carbonyl (C=O) groups excluding carboxylic acids is 2. The molecule has 0 aliphatic carbocycles. The predicted molar refractivity (Wildman–Crippen MR) is 143 cm³/mol. The topological polar surface area (TPSA) is 93.1 Å². The molecule has 0 saturated heterocycles. The van der Waals surface area contributed by atoms with Crippen LogP contribution in [-0.2, 0) is 26.1 Å². The van der Waals surface area contributed by atoms with Crippen molar-refractivity contribution in [2.24, 2.45) is 7.05 Å². The third kappa shape index (κ3) is 3.92. The molecule has 4 aromatic rings. The maximum Gasteiger partial charge on any atom is 0.303 e. The Balaban J connectivity index is 1.97. The molecule has 0 fully saturated rings. The first-order valence-electron chi connectivity index (χ1n) is 11.7. The van der Waals surface area contributed by atoms with E-state index in [1.54, 1.807) is 19.9 Å². The molecule has 3 aromatic carbocycles. The van der Waals surface area contributed by atoms with E-state index in [-0.39, 0.29) is 5.43 Å². The zero-order chi connectivity index (χ0) is 26.8. The fourth-order valence-corrected chi connectivity index (χ4v) is 5.70. The van der Waals surface area contributed by atoms with Crippen molar-refractivity contribution in [1.29, 1.82) is 0 Å². The highest BCUT2D eigenvalue weighted by Crippen LogP contribution is 2.49. The third-order valence-corrected chi connectivity index (χ3v) is 7.29. The van der Waals surface area contributed by atoms with Crippen LogP contribution in [0.2, 0.25) is 0 Å². The number of halogens is 1. The Bertz CT molecular complexity index is 1690. The number of rotatable bonds is 3. The molecule has 0 saturated carbocycles. The number of pyridine rings is 1. The quantitative estimate of drug-likeness (QED) is 0.188. The summed E-state index contributed by atoms with van der Waals surface area (Å²) in [5.74, 6) is -0.397. The number of fused-ring (bicyclic) bond motifs is 6. The van der Waals surface area contributed by atoms with Crippen molar-refractivity contribution in [1.82, 2.24) is 4.57 Å². The lowest BCUT2D eigenvalue weighted by atomic mass is 9.86. The number of nitrogens with zero attached hydrogens (tertiary/aromatic N) is 1. The van der Waals surface area contributed by atoms with Gasteiger partial charge in [0.05, 0.1) is 34.5 Å². The van der Waals surface area contributed by atoms with E-state index in [1.165, 1.54) is 21.0 Å². The van der Waals surface area contributed by atoms with E-state index in [4.69, 9.17) is 18.9 Å². The van der Waals surface area contributed by atoms with Crippen molar-refractivity contribution in [2.75, 3.05) is 7.11 Å². The van der Waals surface area contributed by atoms with Crippen LogP contribution in [0.4, 0.5) is 0 Å². The van der Waals surface area contributed by atoms with Gasteiger partial charge in [-0.15, -0.1) is 0 Å². The molecule has 0 spiro atoms. The molecule has 8 nitrogen and oxygen atoms in total. The number of carbonyl (C=O) groups is 2. The molecule has 1 aliphatic rings. The summed E-state index contributed by atoms with van der Waals surface area (Å²) >= 11 is 3.50. The molecule has 0 N–H and O–H groups in total. The Morgan fingerprint density at radius 1 is 1.03 bits per heavy atom. The maximum atomic E-state index is 14.2. The summed E-state index contributed by atoms with van der Waals surface area (Å²) in [5.41, 5.74) is 0.317. The fraction of sp³-hybridized carbons (Fsp3) is 0.321. The lowest BCUT2D eigenvalue weighted by Crippen LogP contribution is -2.52. The Labute approximate surface area is 221 Å². The molecule has 192 valence electrons. The molecule has 1 aromatic heterocycles. The van der Waals surface area contributed by atoms with Gasteiger partial charge in [-0.1, -0.05) is 28.1 Å². The van der Waals surface area contributed by atoms with Gasteiger partial charge < -0.3 is 23.5 Å². The van der Waals surface area contributed by atoms with Gasteiger partial charge in [-0.2, -0.15) is 0 Å². The number of esters is 2. The van der Waals surface area contributed by atoms with E-state index in [1.807, 2.05) is 41.9 Å². The smallest absolute Gasteiger partial charge is 0.303 e. The van der Waals surface area contributed by atoms with Gasteiger partial charge in [0.15, 0.2) is 12.2 Å². The van der Waals surface area contributed by atoms with Crippen LogP contribution in [0.3, 0.4) is 0 Å². The molecular formula is C28H26BrNO7. The Hall–Kier alpha value is -3.59. The third-order valence-electron chi connectivity index (χ3n) is 6.80. The van der Waals surface area contributed by atoms with Crippen LogP contribution < -0.4 is 14.9 Å². The van der Waals surface area contributed by atoms with E-state index in [9.17, 15) is 14.4 Å². The number of hydrogen-bond donors (Lipinski definition) is 0. The maximum absolute atomic E-state index is 14.2. The molecule has 0 amide bonds. The van der Waals surface area contributed by atoms with Crippen LogP contribution in [0, 0.1) is 0 Å². The largest absolute Gasteiger partial charge is 0.496 e. The highest BCUT2D eigenvalue weighted by molar-refractivity contribution is 9.10. The van der Waals surface area contributed by atoms with E-state index >= 15 is 0 Å². The molecular weight excluding hydrogens is 542 g/mol. The molecule has 0 unspecified atom stereocenters. The number of ether oxygens (including phenoxy) is 4. The summed E-state index contributed by atoms with van der Waals surface area (Å²) in [6.45, 7) is 6.08. The zero-order valence-corrected chi connectivity index (χ0v) is 22.9. The molecule has 5 rings (SSSR count). The van der Waals surface area contributed by atoms with E-state index in [2.05, 4.69) is 15.9 Å². The van der Waals surface area contributed by atoms with Crippen LogP contribution in [0.15, 0.2) is 45.7 Å². The standard InChI is InChI=1S/C28H26BrNO7/c1-13(31)35-26-23-20(37-28(3,4)27(26)36-14(2)32)12-19(34-6)22-24(23)30(5)18-10-7-15-11-16(29)8-9-17(15)21(18)25(22)33/h7-12,26-27H,1-6H3/t26-,27-/m1/s1. The van der Waals surface area contributed by atoms with Gasteiger partial charge in [0.25, 0.3) is 0 Å².